The van der Waals surface area contributed by atoms with Crippen molar-refractivity contribution in [3.8, 4) is 0 Å². The highest BCUT2D eigenvalue weighted by molar-refractivity contribution is 9.35. The molecule has 0 radical (unpaired) electrons. The van der Waals surface area contributed by atoms with E-state index in [1.807, 2.05) is 32.8 Å². The number of hydrogen-bond donors (Lipinski definition) is 0. The number of hydrogen-bond acceptors (Lipinski definition) is 9. The second-order valence-electron chi connectivity index (χ2n) is 6.36. The van der Waals surface area contributed by atoms with E-state index in [0.29, 0.717) is 5.92 Å². The van der Waals surface area contributed by atoms with Gasteiger partial charge in [0.05, 0.1) is 10.2 Å². The Bertz CT molecular complexity index is 844. The fourth-order valence-electron chi connectivity index (χ4n) is 2.92. The van der Waals surface area contributed by atoms with Crippen LogP contribution in [0, 0.1) is 5.92 Å². The van der Waals surface area contributed by atoms with Gasteiger partial charge in [-0.1, -0.05) is 60.2 Å². The molecule has 0 aliphatic heterocycles. The molecule has 29 heavy (non-hydrogen) atoms. The third-order valence-electron chi connectivity index (χ3n) is 4.33. The molecule has 156 valence electrons. The number of para-hydroxylation sites is 1. The number of rotatable bonds is 12. The molecular formula is C19H23NO2S6Si. The maximum atomic E-state index is 5.94. The molecule has 10 heteroatoms. The lowest BCUT2D eigenvalue weighted by atomic mass is 10.3. The molecule has 3 aromatic rings. The Labute approximate surface area is 196 Å². The first-order valence-corrected chi connectivity index (χ1v) is 18.1. The lowest BCUT2D eigenvalue weighted by Crippen LogP contribution is -2.53. The zero-order valence-corrected chi connectivity index (χ0v) is 22.3. The second kappa shape index (κ2) is 12.3. The van der Waals surface area contributed by atoms with Crippen LogP contribution in [0.1, 0.15) is 6.92 Å². The van der Waals surface area contributed by atoms with E-state index in [2.05, 4.69) is 54.4 Å². The van der Waals surface area contributed by atoms with Crippen LogP contribution in [0.5, 0.6) is 0 Å². The molecular weight excluding hydrogens is 495 g/mol. The van der Waals surface area contributed by atoms with Gasteiger partial charge in [0.2, 0.25) is 0 Å². The highest BCUT2D eigenvalue weighted by atomic mass is 33.8. The quantitative estimate of drug-likeness (QED) is 0.141. The van der Waals surface area contributed by atoms with Gasteiger partial charge in [-0.05, 0) is 69.6 Å². The maximum absolute atomic E-state index is 5.94. The molecule has 1 heterocycles. The van der Waals surface area contributed by atoms with Crippen LogP contribution in [0.4, 0.5) is 0 Å². The fourth-order valence-corrected chi connectivity index (χ4v) is 16.5. The summed E-state index contributed by atoms with van der Waals surface area (Å²) in [5.41, 5.74) is 1.09. The Hall–Kier alpha value is 0.217. The van der Waals surface area contributed by atoms with Gasteiger partial charge in [-0.2, -0.15) is 0 Å². The van der Waals surface area contributed by atoms with Gasteiger partial charge in [-0.3, -0.25) is 0 Å². The SMILES string of the molecule is CO[Si](CC(C)CSSSSSc1nc2ccccc2s1)(OC)c1ccccc1. The summed E-state index contributed by atoms with van der Waals surface area (Å²) in [5.74, 6) is 1.58. The Morgan fingerprint density at radius 1 is 0.966 bits per heavy atom. The third-order valence-corrected chi connectivity index (χ3v) is 18.1. The lowest BCUT2D eigenvalue weighted by molar-refractivity contribution is 0.252. The van der Waals surface area contributed by atoms with Crippen molar-refractivity contribution in [2.75, 3.05) is 20.0 Å². The molecule has 0 bridgehead atoms. The Morgan fingerprint density at radius 3 is 2.41 bits per heavy atom. The van der Waals surface area contributed by atoms with Crippen molar-refractivity contribution in [1.29, 1.82) is 0 Å². The van der Waals surface area contributed by atoms with Crippen LogP contribution in [0.25, 0.3) is 10.2 Å². The molecule has 0 amide bonds. The van der Waals surface area contributed by atoms with Crippen LogP contribution in [0.3, 0.4) is 0 Å². The Balaban J connectivity index is 1.38. The average Bonchev–Trinajstić information content (AvgIpc) is 3.18. The van der Waals surface area contributed by atoms with Crippen LogP contribution in [-0.4, -0.2) is 33.5 Å². The van der Waals surface area contributed by atoms with Crippen LogP contribution < -0.4 is 5.19 Å². The van der Waals surface area contributed by atoms with Crippen molar-refractivity contribution in [2.45, 2.75) is 17.3 Å². The number of benzene rings is 2. The second-order valence-corrected chi connectivity index (χ2v) is 18.6. The minimum absolute atomic E-state index is 0.516. The maximum Gasteiger partial charge on any atom is 0.372 e. The molecule has 0 saturated heterocycles. The summed E-state index contributed by atoms with van der Waals surface area (Å²) in [5, 5.41) is 1.20. The molecule has 1 atom stereocenters. The van der Waals surface area contributed by atoms with Gasteiger partial charge in [0, 0.05) is 20.0 Å². The largest absolute Gasteiger partial charge is 0.394 e. The van der Waals surface area contributed by atoms with Crippen molar-refractivity contribution < 1.29 is 8.85 Å². The predicted octanol–water partition coefficient (Wildman–Crippen LogP) is 7.26. The summed E-state index contributed by atoms with van der Waals surface area (Å²) >= 11 is 1.75. The standard InChI is InChI=1S/C19H23NO2S6Si/c1-15(14-29(21-2,22-3)16-9-5-4-6-10-16)13-23-26-28-27-25-19-20-17-11-7-8-12-18(17)24-19/h4-12,15H,13-14H2,1-3H3. The van der Waals surface area contributed by atoms with Gasteiger partial charge < -0.3 is 8.85 Å². The van der Waals surface area contributed by atoms with E-state index in [1.165, 1.54) is 9.89 Å². The van der Waals surface area contributed by atoms with Gasteiger partial charge in [-0.15, -0.1) is 11.3 Å². The normalized spacial score (nSPS) is 13.1. The molecule has 0 aliphatic rings. The number of fused-ring (bicyclic) bond motifs is 1. The molecule has 3 nitrogen and oxygen atoms in total. The minimum Gasteiger partial charge on any atom is -0.394 e. The summed E-state index contributed by atoms with van der Waals surface area (Å²) in [6.07, 6.45) is 0. The van der Waals surface area contributed by atoms with Gasteiger partial charge in [0.25, 0.3) is 0 Å². The minimum atomic E-state index is -2.36. The molecule has 2 aromatic carbocycles. The summed E-state index contributed by atoms with van der Waals surface area (Å²) in [6, 6.07) is 19.6. The topological polar surface area (TPSA) is 31.4 Å². The zero-order valence-electron chi connectivity index (χ0n) is 16.4. The van der Waals surface area contributed by atoms with Crippen molar-refractivity contribution in [3.05, 3.63) is 54.6 Å². The van der Waals surface area contributed by atoms with E-state index in [-0.39, 0.29) is 0 Å². The summed E-state index contributed by atoms with van der Waals surface area (Å²) < 4.78 is 14.3. The van der Waals surface area contributed by atoms with Crippen LogP contribution >= 0.6 is 62.4 Å². The van der Waals surface area contributed by atoms with E-state index < -0.39 is 8.56 Å². The Kier molecular flexibility index (Phi) is 10.1. The highest BCUT2D eigenvalue weighted by Gasteiger charge is 2.39. The van der Waals surface area contributed by atoms with Gasteiger partial charge >= 0.3 is 8.56 Å². The molecule has 1 unspecified atom stereocenters. The predicted molar refractivity (Wildman–Crippen MR) is 141 cm³/mol. The van der Waals surface area contributed by atoms with Crippen molar-refractivity contribution >= 4 is 86.4 Å². The average molecular weight is 518 g/mol. The number of nitrogens with zero attached hydrogens (tertiary/aromatic N) is 1. The van der Waals surface area contributed by atoms with Crippen molar-refractivity contribution in [3.63, 3.8) is 0 Å². The molecule has 3 rings (SSSR count). The van der Waals surface area contributed by atoms with E-state index in [9.17, 15) is 0 Å². The molecule has 0 fully saturated rings. The van der Waals surface area contributed by atoms with Crippen molar-refractivity contribution in [1.82, 2.24) is 4.98 Å². The third kappa shape index (κ3) is 6.85. The Morgan fingerprint density at radius 2 is 1.69 bits per heavy atom. The van der Waals surface area contributed by atoms with Gasteiger partial charge in [0.1, 0.15) is 0 Å². The summed E-state index contributed by atoms with van der Waals surface area (Å²) in [7, 11) is 10.2. The molecule has 0 aliphatic carbocycles. The summed E-state index contributed by atoms with van der Waals surface area (Å²) in [4.78, 5) is 4.65. The van der Waals surface area contributed by atoms with Crippen molar-refractivity contribution in [2.24, 2.45) is 5.92 Å². The first kappa shape index (κ1) is 23.9. The molecule has 0 N–H and O–H groups in total. The van der Waals surface area contributed by atoms with Gasteiger partial charge in [-0.25, -0.2) is 4.98 Å². The lowest BCUT2D eigenvalue weighted by Gasteiger charge is -2.30. The molecule has 0 spiro atoms. The van der Waals surface area contributed by atoms with Crippen LogP contribution in [0.2, 0.25) is 6.04 Å². The monoisotopic (exact) mass is 517 g/mol. The first-order chi connectivity index (χ1) is 14.2. The van der Waals surface area contributed by atoms with Crippen LogP contribution in [0.15, 0.2) is 58.9 Å². The van der Waals surface area contributed by atoms with E-state index >= 15 is 0 Å². The van der Waals surface area contributed by atoms with E-state index in [1.54, 1.807) is 56.0 Å². The number of aromatic nitrogens is 1. The number of thiazole rings is 1. The van der Waals surface area contributed by atoms with E-state index in [0.717, 1.165) is 21.7 Å². The molecule has 1 aromatic heterocycles. The van der Waals surface area contributed by atoms with E-state index in [4.69, 9.17) is 8.85 Å². The van der Waals surface area contributed by atoms with Crippen LogP contribution in [-0.2, 0) is 8.85 Å². The zero-order chi connectivity index (χ0) is 20.5. The fraction of sp³-hybridized carbons (Fsp3) is 0.316. The highest BCUT2D eigenvalue weighted by Crippen LogP contribution is 2.52. The van der Waals surface area contributed by atoms with Gasteiger partial charge in [0.15, 0.2) is 4.34 Å². The molecule has 0 saturated carbocycles. The smallest absolute Gasteiger partial charge is 0.372 e. The summed E-state index contributed by atoms with van der Waals surface area (Å²) in [6.45, 7) is 2.28. The first-order valence-electron chi connectivity index (χ1n) is 8.98.